The number of H-pyrrole nitrogens is 1. The first kappa shape index (κ1) is 11.5. The standard InChI is InChI=1S/C11H15N5O/c1-8-3-4-9(11-13-15-16-14-11)7-10(8)17-6-2-5-12/h3-4,7H,2,5-6,12H2,1H3,(H,13,14,15,16). The largest absolute Gasteiger partial charge is 0.493 e. The van der Waals surface area contributed by atoms with E-state index in [2.05, 4.69) is 20.6 Å². The van der Waals surface area contributed by atoms with Crippen LogP contribution in [0.3, 0.4) is 0 Å². The third-order valence-electron chi connectivity index (χ3n) is 2.41. The minimum atomic E-state index is 0.620. The van der Waals surface area contributed by atoms with Crippen LogP contribution in [0.15, 0.2) is 18.2 Å². The predicted molar refractivity (Wildman–Crippen MR) is 63.5 cm³/mol. The van der Waals surface area contributed by atoms with Crippen molar-refractivity contribution < 1.29 is 4.74 Å². The van der Waals surface area contributed by atoms with Crippen LogP contribution < -0.4 is 10.5 Å². The number of aryl methyl sites for hydroxylation is 1. The summed E-state index contributed by atoms with van der Waals surface area (Å²) >= 11 is 0. The molecule has 17 heavy (non-hydrogen) atoms. The number of hydrogen-bond donors (Lipinski definition) is 2. The van der Waals surface area contributed by atoms with Gasteiger partial charge in [-0.05, 0) is 41.9 Å². The van der Waals surface area contributed by atoms with Gasteiger partial charge in [0.2, 0.25) is 0 Å². The van der Waals surface area contributed by atoms with E-state index in [-0.39, 0.29) is 0 Å². The van der Waals surface area contributed by atoms with Crippen LogP contribution in [0.5, 0.6) is 5.75 Å². The lowest BCUT2D eigenvalue weighted by Crippen LogP contribution is -2.06. The molecule has 0 saturated carbocycles. The Balaban J connectivity index is 2.18. The normalized spacial score (nSPS) is 10.5. The summed E-state index contributed by atoms with van der Waals surface area (Å²) in [6.07, 6.45) is 0.841. The molecule has 0 aliphatic heterocycles. The highest BCUT2D eigenvalue weighted by molar-refractivity contribution is 5.58. The third-order valence-corrected chi connectivity index (χ3v) is 2.41. The van der Waals surface area contributed by atoms with E-state index in [1.54, 1.807) is 0 Å². The average Bonchev–Trinajstić information content (AvgIpc) is 2.85. The molecule has 0 bridgehead atoms. The molecule has 1 aromatic heterocycles. The zero-order chi connectivity index (χ0) is 12.1. The van der Waals surface area contributed by atoms with Crippen molar-refractivity contribution in [1.82, 2.24) is 20.6 Å². The van der Waals surface area contributed by atoms with Gasteiger partial charge < -0.3 is 10.5 Å². The summed E-state index contributed by atoms with van der Waals surface area (Å²) in [6, 6.07) is 5.86. The van der Waals surface area contributed by atoms with Gasteiger partial charge in [-0.15, -0.1) is 5.10 Å². The smallest absolute Gasteiger partial charge is 0.179 e. The van der Waals surface area contributed by atoms with Gasteiger partial charge in [-0.1, -0.05) is 12.1 Å². The van der Waals surface area contributed by atoms with E-state index in [4.69, 9.17) is 10.5 Å². The van der Waals surface area contributed by atoms with Crippen molar-refractivity contribution in [2.24, 2.45) is 5.73 Å². The molecule has 1 aromatic carbocycles. The molecule has 90 valence electrons. The van der Waals surface area contributed by atoms with Crippen LogP contribution in [0.2, 0.25) is 0 Å². The number of nitrogens with one attached hydrogen (secondary N) is 1. The van der Waals surface area contributed by atoms with E-state index in [0.717, 1.165) is 23.3 Å². The molecule has 2 aromatic rings. The molecular weight excluding hydrogens is 218 g/mol. The number of aromatic nitrogens is 4. The molecule has 0 radical (unpaired) electrons. The number of nitrogens with zero attached hydrogens (tertiary/aromatic N) is 3. The zero-order valence-corrected chi connectivity index (χ0v) is 9.68. The summed E-state index contributed by atoms with van der Waals surface area (Å²) < 4.78 is 5.65. The van der Waals surface area contributed by atoms with Crippen LogP contribution >= 0.6 is 0 Å². The second-order valence-electron chi connectivity index (χ2n) is 3.72. The molecule has 0 aliphatic carbocycles. The SMILES string of the molecule is Cc1ccc(-c2nnn[nH]2)cc1OCCCN. The fourth-order valence-corrected chi connectivity index (χ4v) is 1.45. The van der Waals surface area contributed by atoms with Crippen molar-refractivity contribution >= 4 is 0 Å². The highest BCUT2D eigenvalue weighted by Crippen LogP contribution is 2.24. The fourth-order valence-electron chi connectivity index (χ4n) is 1.45. The van der Waals surface area contributed by atoms with Gasteiger partial charge in [0.15, 0.2) is 5.82 Å². The lowest BCUT2D eigenvalue weighted by Gasteiger charge is -2.09. The summed E-state index contributed by atoms with van der Waals surface area (Å²) in [5, 5.41) is 13.7. The minimum absolute atomic E-state index is 0.620. The van der Waals surface area contributed by atoms with E-state index in [9.17, 15) is 0 Å². The lowest BCUT2D eigenvalue weighted by atomic mass is 10.1. The first-order chi connectivity index (χ1) is 8.31. The summed E-state index contributed by atoms with van der Waals surface area (Å²) in [6.45, 7) is 3.25. The van der Waals surface area contributed by atoms with Crippen molar-refractivity contribution in [2.45, 2.75) is 13.3 Å². The highest BCUT2D eigenvalue weighted by atomic mass is 16.5. The van der Waals surface area contributed by atoms with Gasteiger partial charge in [-0.25, -0.2) is 5.10 Å². The number of rotatable bonds is 5. The number of benzene rings is 1. The van der Waals surface area contributed by atoms with Crippen LogP contribution in [-0.2, 0) is 0 Å². The van der Waals surface area contributed by atoms with Gasteiger partial charge in [0.25, 0.3) is 0 Å². The topological polar surface area (TPSA) is 89.7 Å². The Kier molecular flexibility index (Phi) is 3.66. The maximum atomic E-state index is 5.65. The molecule has 3 N–H and O–H groups in total. The molecule has 0 aliphatic rings. The number of tetrazole rings is 1. The van der Waals surface area contributed by atoms with Gasteiger partial charge in [0.05, 0.1) is 6.61 Å². The Morgan fingerprint density at radius 3 is 3.00 bits per heavy atom. The Morgan fingerprint density at radius 1 is 1.41 bits per heavy atom. The lowest BCUT2D eigenvalue weighted by molar-refractivity contribution is 0.311. The van der Waals surface area contributed by atoms with Crippen LogP contribution in [0, 0.1) is 6.92 Å². The van der Waals surface area contributed by atoms with Crippen LogP contribution in [0.25, 0.3) is 11.4 Å². The molecule has 0 amide bonds. The Bertz CT molecular complexity index is 469. The number of nitrogens with two attached hydrogens (primary N) is 1. The molecule has 0 spiro atoms. The number of aromatic amines is 1. The molecular formula is C11H15N5O. The first-order valence-corrected chi connectivity index (χ1v) is 5.49. The van der Waals surface area contributed by atoms with Crippen LogP contribution in [0.4, 0.5) is 0 Å². The van der Waals surface area contributed by atoms with E-state index in [1.165, 1.54) is 0 Å². The van der Waals surface area contributed by atoms with Gasteiger partial charge in [0, 0.05) is 5.56 Å². The molecule has 0 unspecified atom stereocenters. The molecule has 1 heterocycles. The zero-order valence-electron chi connectivity index (χ0n) is 9.68. The quantitative estimate of drug-likeness (QED) is 0.749. The Morgan fingerprint density at radius 2 is 2.29 bits per heavy atom. The minimum Gasteiger partial charge on any atom is -0.493 e. The molecule has 6 nitrogen and oxygen atoms in total. The maximum Gasteiger partial charge on any atom is 0.179 e. The predicted octanol–water partition coefficient (Wildman–Crippen LogP) is 0.903. The van der Waals surface area contributed by atoms with Crippen molar-refractivity contribution in [3.8, 4) is 17.1 Å². The third kappa shape index (κ3) is 2.79. The molecule has 2 rings (SSSR count). The van der Waals surface area contributed by atoms with E-state index < -0.39 is 0 Å². The van der Waals surface area contributed by atoms with E-state index >= 15 is 0 Å². The number of hydrogen-bond acceptors (Lipinski definition) is 5. The monoisotopic (exact) mass is 233 g/mol. The number of ether oxygens (including phenoxy) is 1. The molecule has 6 heteroatoms. The summed E-state index contributed by atoms with van der Waals surface area (Å²) in [4.78, 5) is 0. The highest BCUT2D eigenvalue weighted by Gasteiger charge is 2.06. The van der Waals surface area contributed by atoms with E-state index in [1.807, 2.05) is 25.1 Å². The van der Waals surface area contributed by atoms with E-state index in [0.29, 0.717) is 19.0 Å². The average molecular weight is 233 g/mol. The summed E-state index contributed by atoms with van der Waals surface area (Å²) in [5.74, 6) is 1.47. The van der Waals surface area contributed by atoms with Gasteiger partial charge in [-0.2, -0.15) is 0 Å². The van der Waals surface area contributed by atoms with Gasteiger partial charge >= 0.3 is 0 Å². The maximum absolute atomic E-state index is 5.65. The Labute approximate surface area is 99.2 Å². The van der Waals surface area contributed by atoms with Crippen molar-refractivity contribution in [2.75, 3.05) is 13.2 Å². The second kappa shape index (κ2) is 5.40. The molecule has 0 fully saturated rings. The van der Waals surface area contributed by atoms with Gasteiger partial charge in [0.1, 0.15) is 5.75 Å². The van der Waals surface area contributed by atoms with Crippen LogP contribution in [0.1, 0.15) is 12.0 Å². The van der Waals surface area contributed by atoms with Crippen molar-refractivity contribution in [3.05, 3.63) is 23.8 Å². The Hall–Kier alpha value is -1.95. The molecule has 0 saturated heterocycles. The summed E-state index contributed by atoms with van der Waals surface area (Å²) in [7, 11) is 0. The molecule has 0 atom stereocenters. The summed E-state index contributed by atoms with van der Waals surface area (Å²) in [5.41, 5.74) is 7.41. The fraction of sp³-hybridized carbons (Fsp3) is 0.364. The van der Waals surface area contributed by atoms with Crippen LogP contribution in [-0.4, -0.2) is 33.8 Å². The first-order valence-electron chi connectivity index (χ1n) is 5.49. The van der Waals surface area contributed by atoms with Crippen molar-refractivity contribution in [1.29, 1.82) is 0 Å². The second-order valence-corrected chi connectivity index (χ2v) is 3.72. The van der Waals surface area contributed by atoms with Crippen molar-refractivity contribution in [3.63, 3.8) is 0 Å². The van der Waals surface area contributed by atoms with Gasteiger partial charge in [-0.3, -0.25) is 0 Å².